The van der Waals surface area contributed by atoms with Crippen LogP contribution in [-0.4, -0.2) is 35.6 Å². The van der Waals surface area contributed by atoms with Gasteiger partial charge >= 0.3 is 5.97 Å². The molecular formula is C30H43NO5. The van der Waals surface area contributed by atoms with Crippen molar-refractivity contribution in [3.05, 3.63) is 22.8 Å². The van der Waals surface area contributed by atoms with Gasteiger partial charge in [-0.15, -0.1) is 0 Å². The molecule has 1 N–H and O–H groups in total. The normalized spacial score (nSPS) is 37.6. The number of carbonyl (C=O) groups excluding carboxylic acids is 4. The molecule has 7 atom stereocenters. The molecule has 6 nitrogen and oxygen atoms in total. The van der Waals surface area contributed by atoms with Crippen LogP contribution in [0.4, 0.5) is 0 Å². The van der Waals surface area contributed by atoms with Gasteiger partial charge in [-0.1, -0.05) is 25.5 Å². The highest BCUT2D eigenvalue weighted by Gasteiger charge is 2.60. The van der Waals surface area contributed by atoms with Crippen molar-refractivity contribution in [2.75, 3.05) is 0 Å². The number of hydrogen-bond acceptors (Lipinski definition) is 5. The standard InChI is InChI=1S/C30H43NO5/c1-17(31-19(3)32)7-10-26(34)18(2)28-27(35)16-25-23-9-8-21-15-22(36-20(4)33)11-13-29(21,5)24(23)12-14-30(25,28)6/h8,17,22-25H,7,9-16H2,1-6H3,(H,31,32)/b28-18+/t17-,22-,23-,24+,25+,29+,30+/m1/s1. The molecule has 1 amide bonds. The van der Waals surface area contributed by atoms with E-state index in [2.05, 4.69) is 25.2 Å². The van der Waals surface area contributed by atoms with E-state index in [9.17, 15) is 19.2 Å². The summed E-state index contributed by atoms with van der Waals surface area (Å²) < 4.78 is 5.55. The second-order valence-electron chi connectivity index (χ2n) is 12.4. The van der Waals surface area contributed by atoms with Gasteiger partial charge in [0.15, 0.2) is 11.6 Å². The fourth-order valence-electron chi connectivity index (χ4n) is 8.32. The first-order chi connectivity index (χ1) is 16.9. The molecule has 4 rings (SSSR count). The van der Waals surface area contributed by atoms with E-state index >= 15 is 0 Å². The average molecular weight is 498 g/mol. The van der Waals surface area contributed by atoms with Gasteiger partial charge in [-0.05, 0) is 86.5 Å². The van der Waals surface area contributed by atoms with E-state index in [1.54, 1.807) is 0 Å². The minimum atomic E-state index is -0.252. The summed E-state index contributed by atoms with van der Waals surface area (Å²) in [6.45, 7) is 11.3. The zero-order chi connectivity index (χ0) is 26.4. The van der Waals surface area contributed by atoms with Crippen molar-refractivity contribution >= 4 is 23.4 Å². The largest absolute Gasteiger partial charge is 0.462 e. The van der Waals surface area contributed by atoms with Gasteiger partial charge in [-0.25, -0.2) is 0 Å². The number of ketones is 2. The Hall–Kier alpha value is -2.24. The van der Waals surface area contributed by atoms with E-state index in [4.69, 9.17) is 4.74 Å². The SMILES string of the molecule is CC(=O)N[C@H](C)CCC(=O)/C(C)=C1\C(=O)C[C@H]2[C@@H]3CC=C4C[C@H](OC(C)=O)CC[C@]4(C)[C@H]3CC[C@]12C. The second-order valence-corrected chi connectivity index (χ2v) is 12.4. The molecule has 3 saturated carbocycles. The maximum absolute atomic E-state index is 13.4. The van der Waals surface area contributed by atoms with E-state index < -0.39 is 0 Å². The molecular weight excluding hydrogens is 454 g/mol. The molecule has 0 bridgehead atoms. The van der Waals surface area contributed by atoms with Crippen molar-refractivity contribution in [1.29, 1.82) is 0 Å². The van der Waals surface area contributed by atoms with Crippen LogP contribution in [-0.2, 0) is 23.9 Å². The van der Waals surface area contributed by atoms with Crippen molar-refractivity contribution in [3.8, 4) is 0 Å². The van der Waals surface area contributed by atoms with E-state index in [1.807, 2.05) is 13.8 Å². The van der Waals surface area contributed by atoms with Gasteiger partial charge in [0, 0.05) is 44.7 Å². The Kier molecular flexibility index (Phi) is 7.38. The van der Waals surface area contributed by atoms with Crippen molar-refractivity contribution < 1.29 is 23.9 Å². The zero-order valence-corrected chi connectivity index (χ0v) is 22.9. The van der Waals surface area contributed by atoms with E-state index in [0.29, 0.717) is 36.7 Å². The number of hydrogen-bond donors (Lipinski definition) is 1. The van der Waals surface area contributed by atoms with Crippen LogP contribution >= 0.6 is 0 Å². The van der Waals surface area contributed by atoms with Gasteiger partial charge in [0.1, 0.15) is 6.10 Å². The lowest BCUT2D eigenvalue weighted by atomic mass is 9.47. The number of Topliss-reactive ketones (excluding diaryl/α,β-unsaturated/α-hetero) is 2. The molecule has 6 heteroatoms. The fourth-order valence-corrected chi connectivity index (χ4v) is 8.32. The molecule has 4 aliphatic carbocycles. The Morgan fingerprint density at radius 3 is 2.42 bits per heavy atom. The Bertz CT molecular complexity index is 1020. The number of esters is 1. The van der Waals surface area contributed by atoms with Gasteiger partial charge in [0.05, 0.1) is 0 Å². The van der Waals surface area contributed by atoms with Crippen molar-refractivity contribution in [2.45, 2.75) is 111 Å². The quantitative estimate of drug-likeness (QED) is 0.308. The third-order valence-electron chi connectivity index (χ3n) is 10.1. The highest BCUT2D eigenvalue weighted by Crippen LogP contribution is 2.65. The molecule has 4 aliphatic rings. The lowest BCUT2D eigenvalue weighted by Crippen LogP contribution is -2.49. The summed E-state index contributed by atoms with van der Waals surface area (Å²) in [6.07, 6.45) is 9.51. The summed E-state index contributed by atoms with van der Waals surface area (Å²) in [5.41, 5.74) is 2.70. The minimum Gasteiger partial charge on any atom is -0.462 e. The van der Waals surface area contributed by atoms with Gasteiger partial charge in [0.2, 0.25) is 5.91 Å². The molecule has 0 heterocycles. The number of nitrogens with one attached hydrogen (secondary N) is 1. The molecule has 0 aromatic carbocycles. The van der Waals surface area contributed by atoms with Crippen LogP contribution in [0, 0.1) is 28.6 Å². The fraction of sp³-hybridized carbons (Fsp3) is 0.733. The first-order valence-electron chi connectivity index (χ1n) is 13.8. The van der Waals surface area contributed by atoms with Crippen molar-refractivity contribution in [1.82, 2.24) is 5.32 Å². The molecule has 0 saturated heterocycles. The number of rotatable bonds is 6. The lowest BCUT2D eigenvalue weighted by Gasteiger charge is -2.57. The maximum Gasteiger partial charge on any atom is 0.302 e. The molecule has 36 heavy (non-hydrogen) atoms. The van der Waals surface area contributed by atoms with Crippen LogP contribution in [0.5, 0.6) is 0 Å². The topological polar surface area (TPSA) is 89.5 Å². The third kappa shape index (κ3) is 4.72. The van der Waals surface area contributed by atoms with Crippen LogP contribution in [0.15, 0.2) is 22.8 Å². The summed E-state index contributed by atoms with van der Waals surface area (Å²) in [5, 5.41) is 2.83. The summed E-state index contributed by atoms with van der Waals surface area (Å²) in [5.74, 6) is 1.11. The Balaban J connectivity index is 1.54. The van der Waals surface area contributed by atoms with Crippen LogP contribution < -0.4 is 5.32 Å². The van der Waals surface area contributed by atoms with Gasteiger partial charge < -0.3 is 10.1 Å². The number of carbonyl (C=O) groups is 4. The van der Waals surface area contributed by atoms with Gasteiger partial charge in [-0.2, -0.15) is 0 Å². The monoisotopic (exact) mass is 497 g/mol. The highest BCUT2D eigenvalue weighted by atomic mass is 16.5. The Morgan fingerprint density at radius 2 is 1.75 bits per heavy atom. The number of ether oxygens (including phenoxy) is 1. The molecule has 0 unspecified atom stereocenters. The van der Waals surface area contributed by atoms with E-state index in [1.165, 1.54) is 19.4 Å². The smallest absolute Gasteiger partial charge is 0.302 e. The van der Waals surface area contributed by atoms with Crippen molar-refractivity contribution in [2.24, 2.45) is 28.6 Å². The molecule has 0 spiro atoms. The zero-order valence-electron chi connectivity index (χ0n) is 22.9. The molecule has 198 valence electrons. The van der Waals surface area contributed by atoms with Crippen LogP contribution in [0.2, 0.25) is 0 Å². The molecule has 0 radical (unpaired) electrons. The highest BCUT2D eigenvalue weighted by molar-refractivity contribution is 6.08. The minimum absolute atomic E-state index is 0.0168. The van der Waals surface area contributed by atoms with Crippen LogP contribution in [0.1, 0.15) is 99.3 Å². The van der Waals surface area contributed by atoms with Gasteiger partial charge in [0.25, 0.3) is 0 Å². The molecule has 0 aromatic heterocycles. The first kappa shape index (κ1) is 26.8. The van der Waals surface area contributed by atoms with Gasteiger partial charge in [-0.3, -0.25) is 19.2 Å². The predicted octanol–water partition coefficient (Wildman–Crippen LogP) is 5.25. The average Bonchev–Trinajstić information content (AvgIpc) is 3.06. The summed E-state index contributed by atoms with van der Waals surface area (Å²) >= 11 is 0. The second kappa shape index (κ2) is 9.90. The predicted molar refractivity (Wildman–Crippen MR) is 138 cm³/mol. The Morgan fingerprint density at radius 1 is 1.06 bits per heavy atom. The Labute approximate surface area is 215 Å². The summed E-state index contributed by atoms with van der Waals surface area (Å²) in [7, 11) is 0. The van der Waals surface area contributed by atoms with Crippen molar-refractivity contribution in [3.63, 3.8) is 0 Å². The summed E-state index contributed by atoms with van der Waals surface area (Å²) in [6, 6.07) is -0.0674. The number of allylic oxidation sites excluding steroid dienone is 3. The summed E-state index contributed by atoms with van der Waals surface area (Å²) in [4.78, 5) is 49.4. The maximum atomic E-state index is 13.4. The number of amides is 1. The molecule has 0 aromatic rings. The molecule has 3 fully saturated rings. The van der Waals surface area contributed by atoms with Crippen LogP contribution in [0.25, 0.3) is 0 Å². The molecule has 0 aliphatic heterocycles. The number of fused-ring (bicyclic) bond motifs is 5. The van der Waals surface area contributed by atoms with E-state index in [0.717, 1.165) is 44.1 Å². The van der Waals surface area contributed by atoms with Crippen LogP contribution in [0.3, 0.4) is 0 Å². The lowest BCUT2D eigenvalue weighted by molar-refractivity contribution is -0.148. The third-order valence-corrected chi connectivity index (χ3v) is 10.1. The first-order valence-corrected chi connectivity index (χ1v) is 13.8. The van der Waals surface area contributed by atoms with E-state index in [-0.39, 0.29) is 52.3 Å².